The lowest BCUT2D eigenvalue weighted by Crippen LogP contribution is -2.18. The van der Waals surface area contributed by atoms with E-state index in [2.05, 4.69) is 15.8 Å². The van der Waals surface area contributed by atoms with E-state index in [1.165, 1.54) is 12.3 Å². The minimum absolute atomic E-state index is 0.0624. The summed E-state index contributed by atoms with van der Waals surface area (Å²) in [5, 5.41) is 16.8. The Morgan fingerprint density at radius 2 is 1.64 bits per heavy atom. The molecule has 0 saturated carbocycles. The maximum Gasteiger partial charge on any atom is 0.271 e. The number of para-hydroxylation sites is 1. The number of nitrogens with zero attached hydrogens (tertiary/aromatic N) is 1. The number of aromatic hydroxyl groups is 1. The van der Waals surface area contributed by atoms with Crippen molar-refractivity contribution in [1.29, 1.82) is 0 Å². The zero-order chi connectivity index (χ0) is 19.9. The van der Waals surface area contributed by atoms with Gasteiger partial charge < -0.3 is 10.4 Å². The third-order valence-electron chi connectivity index (χ3n) is 3.80. The van der Waals surface area contributed by atoms with Crippen molar-refractivity contribution in [2.24, 2.45) is 5.10 Å². The summed E-state index contributed by atoms with van der Waals surface area (Å²) in [7, 11) is 0. The molecule has 3 rings (SSSR count). The number of halogens is 1. The van der Waals surface area contributed by atoms with Crippen molar-refractivity contribution >= 4 is 35.3 Å². The Labute approximate surface area is 166 Å². The lowest BCUT2D eigenvalue weighted by Gasteiger charge is -2.07. The number of hydrogen-bond acceptors (Lipinski definition) is 4. The van der Waals surface area contributed by atoms with Gasteiger partial charge in [0.15, 0.2) is 0 Å². The molecule has 140 valence electrons. The van der Waals surface area contributed by atoms with Crippen LogP contribution in [0.4, 0.5) is 5.69 Å². The molecule has 0 fully saturated rings. The molecule has 0 saturated heterocycles. The molecular formula is C21H16ClN3O3. The van der Waals surface area contributed by atoms with Crippen molar-refractivity contribution < 1.29 is 14.7 Å². The molecule has 3 aromatic carbocycles. The van der Waals surface area contributed by atoms with Crippen molar-refractivity contribution in [2.75, 3.05) is 5.32 Å². The molecule has 28 heavy (non-hydrogen) atoms. The fraction of sp³-hybridized carbons (Fsp3) is 0. The van der Waals surface area contributed by atoms with E-state index >= 15 is 0 Å². The second-order valence-corrected chi connectivity index (χ2v) is 6.24. The first-order valence-corrected chi connectivity index (χ1v) is 8.69. The number of rotatable bonds is 5. The van der Waals surface area contributed by atoms with Crippen LogP contribution in [0.25, 0.3) is 0 Å². The first-order chi connectivity index (χ1) is 13.5. The Bertz CT molecular complexity index is 1030. The van der Waals surface area contributed by atoms with Gasteiger partial charge in [0.2, 0.25) is 0 Å². The average molecular weight is 394 g/mol. The summed E-state index contributed by atoms with van der Waals surface area (Å²) in [5.41, 5.74) is 4.11. The van der Waals surface area contributed by atoms with Crippen LogP contribution in [0.2, 0.25) is 5.02 Å². The van der Waals surface area contributed by atoms with Crippen molar-refractivity contribution in [3.05, 3.63) is 94.5 Å². The minimum atomic E-state index is -0.450. The summed E-state index contributed by atoms with van der Waals surface area (Å²) in [4.78, 5) is 24.5. The topological polar surface area (TPSA) is 90.8 Å². The van der Waals surface area contributed by atoms with Gasteiger partial charge in [0.05, 0.1) is 6.21 Å². The number of carbonyl (C=O) groups is 2. The van der Waals surface area contributed by atoms with Crippen LogP contribution in [0, 0.1) is 0 Å². The number of carbonyl (C=O) groups excluding carboxylic acids is 2. The van der Waals surface area contributed by atoms with Gasteiger partial charge in [0.25, 0.3) is 11.8 Å². The zero-order valence-electron chi connectivity index (χ0n) is 14.6. The van der Waals surface area contributed by atoms with Crippen LogP contribution in [0.5, 0.6) is 5.75 Å². The van der Waals surface area contributed by atoms with Crippen LogP contribution in [0.3, 0.4) is 0 Å². The van der Waals surface area contributed by atoms with E-state index < -0.39 is 5.91 Å². The Morgan fingerprint density at radius 1 is 0.893 bits per heavy atom. The molecule has 2 amide bonds. The molecular weight excluding hydrogens is 378 g/mol. The molecule has 3 N–H and O–H groups in total. The monoisotopic (exact) mass is 393 g/mol. The Balaban J connectivity index is 1.65. The van der Waals surface area contributed by atoms with E-state index in [1.54, 1.807) is 66.7 Å². The van der Waals surface area contributed by atoms with Crippen LogP contribution in [0.15, 0.2) is 77.9 Å². The number of anilines is 1. The molecule has 0 aromatic heterocycles. The lowest BCUT2D eigenvalue weighted by atomic mass is 10.1. The highest BCUT2D eigenvalue weighted by Gasteiger charge is 2.09. The van der Waals surface area contributed by atoms with E-state index in [9.17, 15) is 14.7 Å². The maximum atomic E-state index is 12.3. The lowest BCUT2D eigenvalue weighted by molar-refractivity contribution is 0.0953. The normalized spacial score (nSPS) is 10.6. The van der Waals surface area contributed by atoms with E-state index in [4.69, 9.17) is 11.6 Å². The molecule has 0 atom stereocenters. The number of phenolic OH excluding ortho intramolecular Hbond substituents is 1. The predicted octanol–water partition coefficient (Wildman–Crippen LogP) is 4.06. The molecule has 0 aliphatic rings. The van der Waals surface area contributed by atoms with E-state index in [0.29, 0.717) is 27.4 Å². The number of hydrogen-bond donors (Lipinski definition) is 3. The van der Waals surface area contributed by atoms with E-state index in [0.717, 1.165) is 0 Å². The third kappa shape index (κ3) is 4.96. The van der Waals surface area contributed by atoms with Crippen LogP contribution in [0.1, 0.15) is 26.3 Å². The molecule has 3 aromatic rings. The number of nitrogens with one attached hydrogen (secondary N) is 2. The van der Waals surface area contributed by atoms with Gasteiger partial charge in [0.1, 0.15) is 5.75 Å². The third-order valence-corrected chi connectivity index (χ3v) is 4.05. The molecule has 0 unspecified atom stereocenters. The summed E-state index contributed by atoms with van der Waals surface area (Å²) < 4.78 is 0. The molecule has 0 aliphatic carbocycles. The number of benzene rings is 3. The van der Waals surface area contributed by atoms with Gasteiger partial charge in [-0.1, -0.05) is 29.8 Å². The second kappa shape index (κ2) is 8.83. The van der Waals surface area contributed by atoms with Crippen molar-refractivity contribution in [2.45, 2.75) is 0 Å². The van der Waals surface area contributed by atoms with Gasteiger partial charge in [-0.25, -0.2) is 5.43 Å². The van der Waals surface area contributed by atoms with Gasteiger partial charge in [-0.2, -0.15) is 5.10 Å². The number of phenols is 1. The van der Waals surface area contributed by atoms with Gasteiger partial charge in [-0.05, 0) is 54.6 Å². The second-order valence-electron chi connectivity index (χ2n) is 5.80. The maximum absolute atomic E-state index is 12.3. The number of hydrazone groups is 1. The highest BCUT2D eigenvalue weighted by Crippen LogP contribution is 2.15. The minimum Gasteiger partial charge on any atom is -0.507 e. The molecule has 6 nitrogen and oxygen atoms in total. The van der Waals surface area contributed by atoms with Crippen molar-refractivity contribution in [3.8, 4) is 5.75 Å². The average Bonchev–Trinajstić information content (AvgIpc) is 2.70. The molecule has 0 spiro atoms. The Morgan fingerprint density at radius 3 is 2.39 bits per heavy atom. The van der Waals surface area contributed by atoms with Gasteiger partial charge >= 0.3 is 0 Å². The number of amides is 2. The largest absolute Gasteiger partial charge is 0.507 e. The molecule has 0 heterocycles. The molecule has 7 heteroatoms. The SMILES string of the molecule is O=C(N/N=C/c1ccccc1O)c1cccc(NC(=O)c2ccc(Cl)cc2)c1. The summed E-state index contributed by atoms with van der Waals surface area (Å²) in [6, 6.07) is 19.6. The summed E-state index contributed by atoms with van der Waals surface area (Å²) in [5.74, 6) is -0.700. The fourth-order valence-electron chi connectivity index (χ4n) is 2.36. The summed E-state index contributed by atoms with van der Waals surface area (Å²) in [6.07, 6.45) is 1.35. The van der Waals surface area contributed by atoms with Crippen LogP contribution in [-0.2, 0) is 0 Å². The first-order valence-electron chi connectivity index (χ1n) is 8.31. The molecule has 0 bridgehead atoms. The highest BCUT2D eigenvalue weighted by molar-refractivity contribution is 6.30. The van der Waals surface area contributed by atoms with Crippen molar-refractivity contribution in [1.82, 2.24) is 5.43 Å². The van der Waals surface area contributed by atoms with Crippen LogP contribution >= 0.6 is 11.6 Å². The fourth-order valence-corrected chi connectivity index (χ4v) is 2.49. The zero-order valence-corrected chi connectivity index (χ0v) is 15.4. The molecule has 0 radical (unpaired) electrons. The predicted molar refractivity (Wildman–Crippen MR) is 109 cm³/mol. The van der Waals surface area contributed by atoms with Gasteiger partial charge in [-0.3, -0.25) is 9.59 Å². The van der Waals surface area contributed by atoms with Gasteiger partial charge in [0, 0.05) is 27.4 Å². The Kier molecular flexibility index (Phi) is 6.04. The molecule has 0 aliphatic heterocycles. The highest BCUT2D eigenvalue weighted by atomic mass is 35.5. The standard InChI is InChI=1S/C21H16ClN3O3/c22-17-10-8-14(9-11-17)20(27)24-18-6-3-5-15(12-18)21(28)25-23-13-16-4-1-2-7-19(16)26/h1-13,26H,(H,24,27)(H,25,28)/b23-13+. The smallest absolute Gasteiger partial charge is 0.271 e. The quantitative estimate of drug-likeness (QED) is 0.451. The van der Waals surface area contributed by atoms with Crippen LogP contribution < -0.4 is 10.7 Å². The Hall–Kier alpha value is -3.64. The van der Waals surface area contributed by atoms with Crippen LogP contribution in [-0.4, -0.2) is 23.1 Å². The van der Waals surface area contributed by atoms with Gasteiger partial charge in [-0.15, -0.1) is 0 Å². The van der Waals surface area contributed by atoms with E-state index in [1.807, 2.05) is 0 Å². The van der Waals surface area contributed by atoms with E-state index in [-0.39, 0.29) is 11.7 Å². The summed E-state index contributed by atoms with van der Waals surface area (Å²) >= 11 is 5.82. The van der Waals surface area contributed by atoms with Crippen molar-refractivity contribution in [3.63, 3.8) is 0 Å². The first kappa shape index (κ1) is 19.1. The summed E-state index contributed by atoms with van der Waals surface area (Å²) in [6.45, 7) is 0.